The van der Waals surface area contributed by atoms with Gasteiger partial charge in [-0.2, -0.15) is 0 Å². The first-order valence-electron chi connectivity index (χ1n) is 8.88. The number of hydrogen-bond acceptors (Lipinski definition) is 3. The third kappa shape index (κ3) is 4.31. The van der Waals surface area contributed by atoms with Gasteiger partial charge in [-0.3, -0.25) is 4.79 Å². The summed E-state index contributed by atoms with van der Waals surface area (Å²) in [4.78, 5) is 14.8. The minimum absolute atomic E-state index is 0.00314. The lowest BCUT2D eigenvalue weighted by Gasteiger charge is -2.37. The van der Waals surface area contributed by atoms with E-state index in [1.54, 1.807) is 50.2 Å². The number of carbonyl (C=O) groups is 1. The van der Waals surface area contributed by atoms with Crippen molar-refractivity contribution in [1.29, 1.82) is 0 Å². The Morgan fingerprint density at radius 2 is 1.65 bits per heavy atom. The van der Waals surface area contributed by atoms with Gasteiger partial charge in [0.05, 0.1) is 0 Å². The maximum absolute atomic E-state index is 12.9. The van der Waals surface area contributed by atoms with Crippen molar-refractivity contribution in [2.24, 2.45) is 0 Å². The highest BCUT2D eigenvalue weighted by atomic mass is 35.5. The van der Waals surface area contributed by atoms with Crippen molar-refractivity contribution in [3.63, 3.8) is 0 Å². The number of aromatic hydroxyl groups is 1. The summed E-state index contributed by atoms with van der Waals surface area (Å²) in [6.07, 6.45) is 1.82. The average molecular weight is 374 g/mol. The number of piperidine rings is 1. The van der Waals surface area contributed by atoms with Gasteiger partial charge in [-0.15, -0.1) is 0 Å². The Morgan fingerprint density at radius 1 is 1.08 bits per heavy atom. The van der Waals surface area contributed by atoms with E-state index in [4.69, 9.17) is 16.3 Å². The van der Waals surface area contributed by atoms with Crippen LogP contribution in [0.1, 0.15) is 38.2 Å². The van der Waals surface area contributed by atoms with E-state index in [0.717, 1.165) is 12.8 Å². The fourth-order valence-corrected chi connectivity index (χ4v) is 3.51. The Bertz CT molecular complexity index is 748. The van der Waals surface area contributed by atoms with E-state index in [1.807, 2.05) is 17.0 Å². The quantitative estimate of drug-likeness (QED) is 0.851. The van der Waals surface area contributed by atoms with Gasteiger partial charge in [0.15, 0.2) is 5.60 Å². The summed E-state index contributed by atoms with van der Waals surface area (Å²) in [6, 6.07) is 14.4. The average Bonchev–Trinajstić information content (AvgIpc) is 2.64. The second-order valence-electron chi connectivity index (χ2n) is 7.22. The summed E-state index contributed by atoms with van der Waals surface area (Å²) in [6.45, 7) is 5.02. The highest BCUT2D eigenvalue weighted by Crippen LogP contribution is 2.30. The maximum atomic E-state index is 12.9. The van der Waals surface area contributed by atoms with Gasteiger partial charge in [0.2, 0.25) is 0 Å². The highest BCUT2D eigenvalue weighted by Gasteiger charge is 2.36. The molecule has 0 saturated carbocycles. The maximum Gasteiger partial charge on any atom is 0.266 e. The van der Waals surface area contributed by atoms with Gasteiger partial charge in [-0.05, 0) is 74.6 Å². The van der Waals surface area contributed by atoms with Gasteiger partial charge in [0.25, 0.3) is 5.91 Å². The van der Waals surface area contributed by atoms with Gasteiger partial charge in [0, 0.05) is 18.1 Å². The number of nitrogens with zero attached hydrogens (tertiary/aromatic N) is 1. The molecule has 0 aromatic heterocycles. The van der Waals surface area contributed by atoms with E-state index >= 15 is 0 Å². The summed E-state index contributed by atoms with van der Waals surface area (Å²) in [7, 11) is 0. The van der Waals surface area contributed by atoms with E-state index < -0.39 is 5.60 Å². The van der Waals surface area contributed by atoms with Crippen molar-refractivity contribution in [1.82, 2.24) is 4.90 Å². The predicted octanol–water partition coefficient (Wildman–Crippen LogP) is 4.61. The van der Waals surface area contributed by atoms with Crippen LogP contribution in [-0.2, 0) is 4.79 Å². The second-order valence-corrected chi connectivity index (χ2v) is 7.66. The molecule has 1 heterocycles. The number of ether oxygens (including phenoxy) is 1. The molecule has 0 bridgehead atoms. The smallest absolute Gasteiger partial charge is 0.266 e. The Morgan fingerprint density at radius 3 is 2.23 bits per heavy atom. The van der Waals surface area contributed by atoms with Crippen LogP contribution >= 0.6 is 11.6 Å². The SMILES string of the molecule is CC(C)(Oc1ccc(Cl)cc1)C(=O)N1CCC(c2ccc(O)cc2)CC1. The van der Waals surface area contributed by atoms with Crippen LogP contribution in [-0.4, -0.2) is 34.6 Å². The molecule has 0 spiro atoms. The molecule has 1 amide bonds. The number of carbonyl (C=O) groups excluding carboxylic acids is 1. The number of amides is 1. The molecule has 138 valence electrons. The minimum atomic E-state index is -0.931. The van der Waals surface area contributed by atoms with Crippen LogP contribution < -0.4 is 4.74 Å². The summed E-state index contributed by atoms with van der Waals surface area (Å²) in [5.41, 5.74) is 0.283. The van der Waals surface area contributed by atoms with Gasteiger partial charge in [-0.1, -0.05) is 23.7 Å². The number of halogens is 1. The lowest BCUT2D eigenvalue weighted by Crippen LogP contribution is -2.51. The first kappa shape index (κ1) is 18.6. The van der Waals surface area contributed by atoms with Gasteiger partial charge >= 0.3 is 0 Å². The molecular formula is C21H24ClNO3. The Hall–Kier alpha value is -2.20. The van der Waals surface area contributed by atoms with Crippen LogP contribution in [0.5, 0.6) is 11.5 Å². The Labute approximate surface area is 159 Å². The van der Waals surface area contributed by atoms with Gasteiger partial charge in [0.1, 0.15) is 11.5 Å². The fourth-order valence-electron chi connectivity index (χ4n) is 3.38. The zero-order valence-corrected chi connectivity index (χ0v) is 15.9. The van der Waals surface area contributed by atoms with Crippen molar-refractivity contribution in [3.8, 4) is 11.5 Å². The molecular weight excluding hydrogens is 350 g/mol. The molecule has 1 N–H and O–H groups in total. The zero-order valence-electron chi connectivity index (χ0n) is 15.1. The summed E-state index contributed by atoms with van der Waals surface area (Å²) in [5.74, 6) is 1.32. The first-order valence-corrected chi connectivity index (χ1v) is 9.26. The van der Waals surface area contributed by atoms with Gasteiger partial charge < -0.3 is 14.7 Å². The third-order valence-corrected chi connectivity index (χ3v) is 5.10. The molecule has 5 heteroatoms. The van der Waals surface area contributed by atoms with E-state index in [2.05, 4.69) is 0 Å². The lowest BCUT2D eigenvalue weighted by molar-refractivity contribution is -0.146. The van der Waals surface area contributed by atoms with Crippen molar-refractivity contribution in [3.05, 3.63) is 59.1 Å². The first-order chi connectivity index (χ1) is 12.3. The highest BCUT2D eigenvalue weighted by molar-refractivity contribution is 6.30. The Balaban J connectivity index is 1.60. The third-order valence-electron chi connectivity index (χ3n) is 4.85. The van der Waals surface area contributed by atoms with Crippen molar-refractivity contribution in [2.75, 3.05) is 13.1 Å². The fraction of sp³-hybridized carbons (Fsp3) is 0.381. The monoisotopic (exact) mass is 373 g/mol. The molecule has 0 aliphatic carbocycles. The Kier molecular flexibility index (Phi) is 5.42. The number of likely N-dealkylation sites (tertiary alicyclic amines) is 1. The number of hydrogen-bond donors (Lipinski definition) is 1. The molecule has 1 aliphatic heterocycles. The number of phenolic OH excluding ortho intramolecular Hbond substituents is 1. The van der Waals surface area contributed by atoms with E-state index in [1.165, 1.54) is 5.56 Å². The zero-order chi connectivity index (χ0) is 18.7. The lowest BCUT2D eigenvalue weighted by atomic mass is 9.89. The molecule has 0 atom stereocenters. The molecule has 3 rings (SSSR count). The van der Waals surface area contributed by atoms with Crippen LogP contribution in [0.15, 0.2) is 48.5 Å². The molecule has 1 fully saturated rings. The van der Waals surface area contributed by atoms with Crippen LogP contribution in [0, 0.1) is 0 Å². The number of benzene rings is 2. The number of phenols is 1. The molecule has 2 aromatic rings. The molecule has 1 aliphatic rings. The summed E-state index contributed by atoms with van der Waals surface area (Å²) < 4.78 is 5.92. The van der Waals surface area contributed by atoms with E-state index in [-0.39, 0.29) is 11.7 Å². The van der Waals surface area contributed by atoms with Gasteiger partial charge in [-0.25, -0.2) is 0 Å². The molecule has 0 radical (unpaired) electrons. The van der Waals surface area contributed by atoms with E-state index in [0.29, 0.717) is 29.8 Å². The largest absolute Gasteiger partial charge is 0.508 e. The van der Waals surface area contributed by atoms with Crippen LogP contribution in [0.2, 0.25) is 5.02 Å². The van der Waals surface area contributed by atoms with E-state index in [9.17, 15) is 9.90 Å². The van der Waals surface area contributed by atoms with Crippen LogP contribution in [0.4, 0.5) is 0 Å². The van der Waals surface area contributed by atoms with Crippen molar-refractivity contribution in [2.45, 2.75) is 38.2 Å². The van der Waals surface area contributed by atoms with Crippen molar-refractivity contribution < 1.29 is 14.6 Å². The molecule has 0 unspecified atom stereocenters. The normalized spacial score (nSPS) is 15.7. The minimum Gasteiger partial charge on any atom is -0.508 e. The summed E-state index contributed by atoms with van der Waals surface area (Å²) >= 11 is 5.90. The molecule has 2 aromatic carbocycles. The van der Waals surface area contributed by atoms with Crippen LogP contribution in [0.25, 0.3) is 0 Å². The second kappa shape index (κ2) is 7.58. The molecule has 4 nitrogen and oxygen atoms in total. The topological polar surface area (TPSA) is 49.8 Å². The standard InChI is InChI=1S/C21H24ClNO3/c1-21(2,26-19-9-5-17(22)6-10-19)20(25)23-13-11-16(12-14-23)15-3-7-18(24)8-4-15/h3-10,16,24H,11-14H2,1-2H3. The van der Waals surface area contributed by atoms with Crippen LogP contribution in [0.3, 0.4) is 0 Å². The van der Waals surface area contributed by atoms with Crippen molar-refractivity contribution >= 4 is 17.5 Å². The summed E-state index contributed by atoms with van der Waals surface area (Å²) in [5, 5.41) is 10.1. The molecule has 1 saturated heterocycles. The predicted molar refractivity (Wildman–Crippen MR) is 103 cm³/mol. The number of rotatable bonds is 4. The molecule has 26 heavy (non-hydrogen) atoms.